The second-order valence-electron chi connectivity index (χ2n) is 2.86. The van der Waals surface area contributed by atoms with Gasteiger partial charge in [0.05, 0.1) is 6.54 Å². The molecule has 1 aliphatic rings. The fourth-order valence-electron chi connectivity index (χ4n) is 1.14. The van der Waals surface area contributed by atoms with E-state index in [1.165, 1.54) is 0 Å². The molecule has 8 heteroatoms. The standard InChI is InChI=1S/C7H6ClN3O3S/c8-7-4(9-10-15-7)1-11-5(12)2-14-3-6(11)13/h1-3H2. The van der Waals surface area contributed by atoms with E-state index >= 15 is 0 Å². The lowest BCUT2D eigenvalue weighted by molar-refractivity contribution is -0.159. The van der Waals surface area contributed by atoms with E-state index in [9.17, 15) is 9.59 Å². The molecule has 1 aromatic rings. The summed E-state index contributed by atoms with van der Waals surface area (Å²) >= 11 is 6.79. The summed E-state index contributed by atoms with van der Waals surface area (Å²) in [5.74, 6) is -0.759. The summed E-state index contributed by atoms with van der Waals surface area (Å²) in [4.78, 5) is 23.7. The van der Waals surface area contributed by atoms with E-state index in [0.717, 1.165) is 16.4 Å². The van der Waals surface area contributed by atoms with Crippen LogP contribution in [0.5, 0.6) is 0 Å². The highest BCUT2D eigenvalue weighted by Crippen LogP contribution is 2.19. The van der Waals surface area contributed by atoms with Gasteiger partial charge in [0.15, 0.2) is 0 Å². The molecule has 0 aromatic carbocycles. The molecule has 2 amide bonds. The van der Waals surface area contributed by atoms with Crippen LogP contribution in [0.4, 0.5) is 0 Å². The van der Waals surface area contributed by atoms with Gasteiger partial charge >= 0.3 is 0 Å². The molecule has 1 saturated heterocycles. The molecule has 1 aromatic heterocycles. The highest BCUT2D eigenvalue weighted by molar-refractivity contribution is 7.10. The quantitative estimate of drug-likeness (QED) is 0.692. The molecule has 0 unspecified atom stereocenters. The number of halogens is 1. The van der Waals surface area contributed by atoms with Crippen LogP contribution in [0.2, 0.25) is 4.34 Å². The Morgan fingerprint density at radius 3 is 2.60 bits per heavy atom. The van der Waals surface area contributed by atoms with E-state index < -0.39 is 0 Å². The van der Waals surface area contributed by atoms with E-state index in [2.05, 4.69) is 9.59 Å². The largest absolute Gasteiger partial charge is 0.362 e. The van der Waals surface area contributed by atoms with Crippen LogP contribution in [0.25, 0.3) is 0 Å². The summed E-state index contributed by atoms with van der Waals surface area (Å²) in [6.45, 7) is -0.0990. The van der Waals surface area contributed by atoms with Crippen LogP contribution in [-0.4, -0.2) is 39.5 Å². The number of hydrogen-bond donors (Lipinski definition) is 0. The molecule has 80 valence electrons. The van der Waals surface area contributed by atoms with E-state index in [1.807, 2.05) is 0 Å². The molecule has 0 aliphatic carbocycles. The number of nitrogens with zero attached hydrogens (tertiary/aromatic N) is 3. The summed E-state index contributed by atoms with van der Waals surface area (Å²) < 4.78 is 8.77. The molecule has 0 radical (unpaired) electrons. The highest BCUT2D eigenvalue weighted by Gasteiger charge is 2.28. The molecule has 0 atom stereocenters. The van der Waals surface area contributed by atoms with Gasteiger partial charge in [-0.05, 0) is 0 Å². The van der Waals surface area contributed by atoms with Crippen molar-refractivity contribution >= 4 is 34.9 Å². The third-order valence-corrected chi connectivity index (χ3v) is 2.85. The number of imide groups is 1. The molecule has 0 spiro atoms. The maximum Gasteiger partial charge on any atom is 0.255 e. The Balaban J connectivity index is 2.13. The van der Waals surface area contributed by atoms with E-state index in [4.69, 9.17) is 16.3 Å². The van der Waals surface area contributed by atoms with Crippen molar-refractivity contribution in [2.45, 2.75) is 6.54 Å². The normalized spacial score (nSPS) is 17.3. The number of rotatable bonds is 2. The number of carbonyl (C=O) groups is 2. The first-order valence-electron chi connectivity index (χ1n) is 4.06. The van der Waals surface area contributed by atoms with Gasteiger partial charge in [-0.1, -0.05) is 16.1 Å². The molecule has 1 fully saturated rings. The van der Waals surface area contributed by atoms with Gasteiger partial charge in [-0.25, -0.2) is 0 Å². The molecule has 1 aliphatic heterocycles. The lowest BCUT2D eigenvalue weighted by Crippen LogP contribution is -2.45. The van der Waals surface area contributed by atoms with Crippen molar-refractivity contribution in [3.8, 4) is 0 Å². The van der Waals surface area contributed by atoms with Crippen molar-refractivity contribution in [2.75, 3.05) is 13.2 Å². The maximum absolute atomic E-state index is 11.3. The van der Waals surface area contributed by atoms with Gasteiger partial charge in [0, 0.05) is 11.5 Å². The summed E-state index contributed by atoms with van der Waals surface area (Å²) in [5, 5.41) is 3.73. The SMILES string of the molecule is O=C1COCC(=O)N1Cc1nnsc1Cl. The average Bonchev–Trinajstić information content (AvgIpc) is 2.58. The van der Waals surface area contributed by atoms with E-state index in [1.54, 1.807) is 0 Å². The monoisotopic (exact) mass is 247 g/mol. The van der Waals surface area contributed by atoms with Gasteiger partial charge in [0.1, 0.15) is 23.2 Å². The van der Waals surface area contributed by atoms with Crippen LogP contribution in [0.15, 0.2) is 0 Å². The predicted octanol–water partition coefficient (Wildman–Crippen LogP) is 0.0769. The number of morpholine rings is 1. The Kier molecular flexibility index (Phi) is 2.94. The molecule has 2 rings (SSSR count). The summed E-state index contributed by atoms with van der Waals surface area (Å²) in [6.07, 6.45) is 0. The van der Waals surface area contributed by atoms with Crippen molar-refractivity contribution in [1.82, 2.24) is 14.5 Å². The fourth-order valence-corrected chi connectivity index (χ4v) is 1.75. The Hall–Kier alpha value is -1.05. The Labute approximate surface area is 93.9 Å². The first kappa shape index (κ1) is 10.5. The third-order valence-electron chi connectivity index (χ3n) is 1.87. The number of hydrogen-bond acceptors (Lipinski definition) is 6. The number of ether oxygens (including phenoxy) is 1. The van der Waals surface area contributed by atoms with Gasteiger partial charge in [0.2, 0.25) is 0 Å². The van der Waals surface area contributed by atoms with Crippen molar-refractivity contribution in [1.29, 1.82) is 0 Å². The van der Waals surface area contributed by atoms with Crippen LogP contribution < -0.4 is 0 Å². The smallest absolute Gasteiger partial charge is 0.255 e. The molecule has 6 nitrogen and oxygen atoms in total. The van der Waals surface area contributed by atoms with E-state index in [-0.39, 0.29) is 31.6 Å². The number of carbonyl (C=O) groups excluding carboxylic acids is 2. The highest BCUT2D eigenvalue weighted by atomic mass is 35.5. The van der Waals surface area contributed by atoms with Crippen molar-refractivity contribution < 1.29 is 14.3 Å². The van der Waals surface area contributed by atoms with Gasteiger partial charge in [-0.3, -0.25) is 14.5 Å². The second-order valence-corrected chi connectivity index (χ2v) is 4.22. The molecular weight excluding hydrogens is 242 g/mol. The van der Waals surface area contributed by atoms with Crippen molar-refractivity contribution in [3.63, 3.8) is 0 Å². The Morgan fingerprint density at radius 2 is 2.07 bits per heavy atom. The minimum Gasteiger partial charge on any atom is -0.362 e. The first-order chi connectivity index (χ1) is 7.18. The zero-order chi connectivity index (χ0) is 10.8. The first-order valence-corrected chi connectivity index (χ1v) is 5.21. The van der Waals surface area contributed by atoms with Crippen LogP contribution in [0.1, 0.15) is 5.69 Å². The van der Waals surface area contributed by atoms with Crippen LogP contribution in [0.3, 0.4) is 0 Å². The second kappa shape index (κ2) is 4.21. The van der Waals surface area contributed by atoms with Gasteiger partial charge < -0.3 is 4.74 Å². The summed E-state index contributed by atoms with van der Waals surface area (Å²) in [5.41, 5.74) is 0.435. The van der Waals surface area contributed by atoms with Crippen LogP contribution >= 0.6 is 23.1 Å². The van der Waals surface area contributed by atoms with Crippen LogP contribution in [-0.2, 0) is 20.9 Å². The molecule has 0 bridgehead atoms. The predicted molar refractivity (Wildman–Crippen MR) is 51.3 cm³/mol. The molecular formula is C7H6ClN3O3S. The fraction of sp³-hybridized carbons (Fsp3) is 0.429. The third kappa shape index (κ3) is 2.14. The molecule has 2 heterocycles. The van der Waals surface area contributed by atoms with Crippen molar-refractivity contribution in [2.24, 2.45) is 0 Å². The molecule has 0 N–H and O–H groups in total. The lowest BCUT2D eigenvalue weighted by atomic mass is 10.3. The summed E-state index contributed by atoms with van der Waals surface area (Å²) in [6, 6.07) is 0. The van der Waals surface area contributed by atoms with Gasteiger partial charge in [-0.2, -0.15) is 0 Å². The van der Waals surface area contributed by atoms with Gasteiger partial charge in [-0.15, -0.1) is 5.10 Å². The molecule has 15 heavy (non-hydrogen) atoms. The van der Waals surface area contributed by atoms with Gasteiger partial charge in [0.25, 0.3) is 11.8 Å². The Bertz CT molecular complexity index is 392. The topological polar surface area (TPSA) is 72.4 Å². The van der Waals surface area contributed by atoms with E-state index in [0.29, 0.717) is 10.0 Å². The molecule has 0 saturated carbocycles. The number of amides is 2. The number of aromatic nitrogens is 2. The summed E-state index contributed by atoms with van der Waals surface area (Å²) in [7, 11) is 0. The van der Waals surface area contributed by atoms with Crippen molar-refractivity contribution in [3.05, 3.63) is 10.0 Å². The van der Waals surface area contributed by atoms with Crippen LogP contribution in [0, 0.1) is 0 Å². The maximum atomic E-state index is 11.3. The minimum absolute atomic E-state index is 0.0658. The Morgan fingerprint density at radius 1 is 1.40 bits per heavy atom. The minimum atomic E-state index is -0.379. The average molecular weight is 248 g/mol. The lowest BCUT2D eigenvalue weighted by Gasteiger charge is -2.23. The zero-order valence-corrected chi connectivity index (χ0v) is 9.05. The zero-order valence-electron chi connectivity index (χ0n) is 7.47.